The van der Waals surface area contributed by atoms with Gasteiger partial charge in [-0.25, -0.2) is 4.98 Å². The Labute approximate surface area is 166 Å². The molecule has 1 aromatic heterocycles. The maximum atomic E-state index is 12.7. The van der Waals surface area contributed by atoms with Crippen molar-refractivity contribution in [3.8, 4) is 11.5 Å². The lowest BCUT2D eigenvalue weighted by molar-refractivity contribution is -0.137. The minimum Gasteiger partial charge on any atom is -0.493 e. The molecular formula is C19H21ClF3N3O2. The molecule has 0 radical (unpaired) electrons. The second kappa shape index (κ2) is 10.2. The maximum Gasteiger partial charge on any atom is 0.417 e. The minimum atomic E-state index is -4.51. The van der Waals surface area contributed by atoms with Crippen LogP contribution in [0.5, 0.6) is 11.5 Å². The number of aromatic nitrogens is 1. The lowest BCUT2D eigenvalue weighted by atomic mass is 10.2. The predicted octanol–water partition coefficient (Wildman–Crippen LogP) is 5.78. The molecule has 0 aliphatic carbocycles. The van der Waals surface area contributed by atoms with Crippen LogP contribution in [0.15, 0.2) is 35.6 Å². The van der Waals surface area contributed by atoms with E-state index < -0.39 is 11.7 Å². The van der Waals surface area contributed by atoms with E-state index in [-0.39, 0.29) is 10.8 Å². The molecule has 0 aliphatic rings. The summed E-state index contributed by atoms with van der Waals surface area (Å²) in [7, 11) is 0. The quantitative estimate of drug-likeness (QED) is 0.417. The van der Waals surface area contributed by atoms with Crippen LogP contribution in [0, 0.1) is 0 Å². The minimum absolute atomic E-state index is 0.0184. The SMILES string of the molecule is CCCOc1ccc(/C=N\Nc2ncc(C(F)(F)F)cc2Cl)c(OCCC)c1. The highest BCUT2D eigenvalue weighted by Crippen LogP contribution is 2.32. The van der Waals surface area contributed by atoms with Crippen molar-refractivity contribution in [2.75, 3.05) is 18.6 Å². The molecule has 28 heavy (non-hydrogen) atoms. The van der Waals surface area contributed by atoms with Crippen molar-refractivity contribution in [1.29, 1.82) is 0 Å². The molecule has 1 N–H and O–H groups in total. The molecule has 0 amide bonds. The summed E-state index contributed by atoms with van der Waals surface area (Å²) in [5, 5.41) is 3.82. The Morgan fingerprint density at radius 1 is 1.14 bits per heavy atom. The van der Waals surface area contributed by atoms with Gasteiger partial charge in [0, 0.05) is 17.8 Å². The molecule has 0 saturated carbocycles. The first-order valence-corrected chi connectivity index (χ1v) is 9.14. The zero-order valence-corrected chi connectivity index (χ0v) is 16.3. The van der Waals surface area contributed by atoms with E-state index in [0.29, 0.717) is 36.5 Å². The van der Waals surface area contributed by atoms with Crippen molar-refractivity contribution in [3.05, 3.63) is 46.6 Å². The van der Waals surface area contributed by atoms with Crippen molar-refractivity contribution in [2.45, 2.75) is 32.9 Å². The van der Waals surface area contributed by atoms with E-state index in [9.17, 15) is 13.2 Å². The zero-order chi connectivity index (χ0) is 20.6. The van der Waals surface area contributed by atoms with E-state index in [4.69, 9.17) is 21.1 Å². The number of nitrogens with one attached hydrogen (secondary N) is 1. The highest BCUT2D eigenvalue weighted by atomic mass is 35.5. The molecule has 2 aromatic rings. The van der Waals surface area contributed by atoms with Crippen LogP contribution in [0.25, 0.3) is 0 Å². The highest BCUT2D eigenvalue weighted by Gasteiger charge is 2.31. The van der Waals surface area contributed by atoms with Crippen molar-refractivity contribution < 1.29 is 22.6 Å². The van der Waals surface area contributed by atoms with E-state index in [2.05, 4.69) is 15.5 Å². The molecule has 1 aromatic carbocycles. The van der Waals surface area contributed by atoms with Gasteiger partial charge in [-0.05, 0) is 31.0 Å². The number of hydrogen-bond acceptors (Lipinski definition) is 5. The molecule has 2 rings (SSSR count). The Bertz CT molecular complexity index is 813. The van der Waals surface area contributed by atoms with Crippen LogP contribution in [0.1, 0.15) is 37.8 Å². The fourth-order valence-electron chi connectivity index (χ4n) is 2.11. The molecule has 0 atom stereocenters. The van der Waals surface area contributed by atoms with E-state index >= 15 is 0 Å². The van der Waals surface area contributed by atoms with Crippen LogP contribution in [-0.4, -0.2) is 24.4 Å². The Balaban J connectivity index is 2.14. The van der Waals surface area contributed by atoms with Crippen LogP contribution in [0.3, 0.4) is 0 Å². The second-order valence-electron chi connectivity index (χ2n) is 5.82. The average Bonchev–Trinajstić information content (AvgIpc) is 2.66. The first-order chi connectivity index (χ1) is 13.3. The summed E-state index contributed by atoms with van der Waals surface area (Å²) < 4.78 is 49.3. The average molecular weight is 416 g/mol. The third-order valence-electron chi connectivity index (χ3n) is 3.46. The fraction of sp³-hybridized carbons (Fsp3) is 0.368. The van der Waals surface area contributed by atoms with Crippen LogP contribution in [0.4, 0.5) is 19.0 Å². The zero-order valence-electron chi connectivity index (χ0n) is 15.5. The number of rotatable bonds is 9. The summed E-state index contributed by atoms with van der Waals surface area (Å²) in [6.45, 7) is 5.13. The van der Waals surface area contributed by atoms with E-state index in [1.54, 1.807) is 18.2 Å². The van der Waals surface area contributed by atoms with Gasteiger partial charge in [-0.1, -0.05) is 25.4 Å². The first kappa shape index (κ1) is 21.8. The maximum absolute atomic E-state index is 12.7. The van der Waals surface area contributed by atoms with Gasteiger partial charge >= 0.3 is 6.18 Å². The third kappa shape index (κ3) is 6.30. The molecule has 5 nitrogen and oxygen atoms in total. The lowest BCUT2D eigenvalue weighted by Gasteiger charge is -2.11. The second-order valence-corrected chi connectivity index (χ2v) is 6.23. The lowest BCUT2D eigenvalue weighted by Crippen LogP contribution is -2.06. The number of alkyl halides is 3. The molecule has 9 heteroatoms. The molecule has 0 aliphatic heterocycles. The number of halogens is 4. The number of hydrogen-bond donors (Lipinski definition) is 1. The van der Waals surface area contributed by atoms with Gasteiger partial charge in [0.05, 0.1) is 30.0 Å². The normalized spacial score (nSPS) is 11.6. The summed E-state index contributed by atoms with van der Waals surface area (Å²) in [6, 6.07) is 6.14. The van der Waals surface area contributed by atoms with Gasteiger partial charge in [-0.2, -0.15) is 18.3 Å². The third-order valence-corrected chi connectivity index (χ3v) is 3.75. The van der Waals surface area contributed by atoms with E-state index in [1.807, 2.05) is 13.8 Å². The van der Waals surface area contributed by atoms with E-state index in [0.717, 1.165) is 18.9 Å². The highest BCUT2D eigenvalue weighted by molar-refractivity contribution is 6.32. The van der Waals surface area contributed by atoms with Gasteiger partial charge in [0.2, 0.25) is 0 Å². The Kier molecular flexibility index (Phi) is 7.92. The van der Waals surface area contributed by atoms with Crippen molar-refractivity contribution >= 4 is 23.6 Å². The Hall–Kier alpha value is -2.48. The topological polar surface area (TPSA) is 55.7 Å². The molecule has 0 unspecified atom stereocenters. The summed E-state index contributed by atoms with van der Waals surface area (Å²) in [5.74, 6) is 1.29. The number of nitrogens with zero attached hydrogens (tertiary/aromatic N) is 2. The van der Waals surface area contributed by atoms with Crippen LogP contribution >= 0.6 is 11.6 Å². The number of benzene rings is 1. The van der Waals surface area contributed by atoms with Gasteiger partial charge in [-0.15, -0.1) is 0 Å². The predicted molar refractivity (Wildman–Crippen MR) is 103 cm³/mol. The summed E-state index contributed by atoms with van der Waals surface area (Å²) >= 11 is 5.85. The van der Waals surface area contributed by atoms with E-state index in [1.165, 1.54) is 6.21 Å². The molecular weight excluding hydrogens is 395 g/mol. The molecule has 1 heterocycles. The molecule has 0 fully saturated rings. The molecule has 0 bridgehead atoms. The Morgan fingerprint density at radius 2 is 1.86 bits per heavy atom. The fourth-order valence-corrected chi connectivity index (χ4v) is 2.31. The molecule has 0 spiro atoms. The van der Waals surface area contributed by atoms with Gasteiger partial charge in [0.25, 0.3) is 0 Å². The van der Waals surface area contributed by atoms with Gasteiger partial charge in [0.15, 0.2) is 5.82 Å². The smallest absolute Gasteiger partial charge is 0.417 e. The monoisotopic (exact) mass is 415 g/mol. The van der Waals surface area contributed by atoms with Gasteiger partial charge in [0.1, 0.15) is 11.5 Å². The van der Waals surface area contributed by atoms with Gasteiger partial charge < -0.3 is 9.47 Å². The van der Waals surface area contributed by atoms with Crippen molar-refractivity contribution in [1.82, 2.24) is 4.98 Å². The number of anilines is 1. The Morgan fingerprint density at radius 3 is 2.50 bits per heavy atom. The summed E-state index contributed by atoms with van der Waals surface area (Å²) in [6.07, 6.45) is -0.617. The molecule has 0 saturated heterocycles. The van der Waals surface area contributed by atoms with Crippen LogP contribution in [0.2, 0.25) is 5.02 Å². The molecule has 152 valence electrons. The van der Waals surface area contributed by atoms with Crippen LogP contribution in [-0.2, 0) is 6.18 Å². The van der Waals surface area contributed by atoms with Crippen molar-refractivity contribution in [3.63, 3.8) is 0 Å². The largest absolute Gasteiger partial charge is 0.493 e. The summed E-state index contributed by atoms with van der Waals surface area (Å²) in [5.41, 5.74) is 2.29. The number of hydrazone groups is 1. The number of pyridine rings is 1. The van der Waals surface area contributed by atoms with Gasteiger partial charge in [-0.3, -0.25) is 5.43 Å². The van der Waals surface area contributed by atoms with Crippen LogP contribution < -0.4 is 14.9 Å². The standard InChI is InChI=1S/C19H21ClF3N3O2/c1-3-7-27-15-6-5-13(17(10-15)28-8-4-2)11-25-26-18-16(20)9-14(12-24-18)19(21,22)23/h5-6,9-12H,3-4,7-8H2,1-2H3,(H,24,26)/b25-11-. The van der Waals surface area contributed by atoms with Crippen molar-refractivity contribution in [2.24, 2.45) is 5.10 Å². The number of ether oxygens (including phenoxy) is 2. The summed E-state index contributed by atoms with van der Waals surface area (Å²) in [4.78, 5) is 3.67. The first-order valence-electron chi connectivity index (χ1n) is 8.76.